The van der Waals surface area contributed by atoms with Crippen LogP contribution >= 0.6 is 0 Å². The Morgan fingerprint density at radius 1 is 1.38 bits per heavy atom. The summed E-state index contributed by atoms with van der Waals surface area (Å²) in [5.41, 5.74) is 0.903. The molecule has 1 fully saturated rings. The van der Waals surface area contributed by atoms with Crippen molar-refractivity contribution in [3.05, 3.63) is 48.6 Å². The van der Waals surface area contributed by atoms with Gasteiger partial charge in [-0.25, -0.2) is 9.59 Å². The summed E-state index contributed by atoms with van der Waals surface area (Å²) >= 11 is 0. The summed E-state index contributed by atoms with van der Waals surface area (Å²) < 4.78 is 10.0. The lowest BCUT2D eigenvalue weighted by Crippen LogP contribution is -2.43. The van der Waals surface area contributed by atoms with Gasteiger partial charge in [0.25, 0.3) is 0 Å². The molecule has 21 heavy (non-hydrogen) atoms. The second-order valence-corrected chi connectivity index (χ2v) is 4.89. The molecule has 0 radical (unpaired) electrons. The van der Waals surface area contributed by atoms with Crippen LogP contribution in [-0.2, 0) is 20.9 Å². The number of hydrogen-bond donors (Lipinski definition) is 0. The molecular weight excluding hydrogens is 270 g/mol. The lowest BCUT2D eigenvalue weighted by molar-refractivity contribution is -0.146. The summed E-state index contributed by atoms with van der Waals surface area (Å²) in [4.78, 5) is 25.4. The van der Waals surface area contributed by atoms with E-state index in [2.05, 4.69) is 6.58 Å². The fourth-order valence-corrected chi connectivity index (χ4v) is 2.49. The Hall–Kier alpha value is -2.30. The van der Waals surface area contributed by atoms with E-state index in [0.717, 1.165) is 5.56 Å². The quantitative estimate of drug-likeness (QED) is 0.631. The number of hydrogen-bond acceptors (Lipinski definition) is 4. The van der Waals surface area contributed by atoms with Crippen LogP contribution < -0.4 is 0 Å². The number of esters is 1. The van der Waals surface area contributed by atoms with E-state index >= 15 is 0 Å². The largest absolute Gasteiger partial charge is 0.467 e. The van der Waals surface area contributed by atoms with Crippen molar-refractivity contribution in [3.8, 4) is 0 Å². The molecular formula is C16H19NO4. The second-order valence-electron chi connectivity index (χ2n) is 4.89. The summed E-state index contributed by atoms with van der Waals surface area (Å²) in [6.45, 7) is 4.36. The van der Waals surface area contributed by atoms with E-state index in [-0.39, 0.29) is 12.5 Å². The van der Waals surface area contributed by atoms with Crippen LogP contribution in [0.3, 0.4) is 0 Å². The molecule has 1 aromatic rings. The molecule has 1 aliphatic rings. The van der Waals surface area contributed by atoms with E-state index in [1.165, 1.54) is 12.0 Å². The third kappa shape index (κ3) is 3.42. The molecule has 2 rings (SSSR count). The van der Waals surface area contributed by atoms with Crippen LogP contribution in [0.1, 0.15) is 12.0 Å². The van der Waals surface area contributed by atoms with E-state index in [0.29, 0.717) is 13.0 Å². The maximum Gasteiger partial charge on any atom is 0.410 e. The normalized spacial score (nSPS) is 20.9. The van der Waals surface area contributed by atoms with Crippen molar-refractivity contribution in [2.45, 2.75) is 19.1 Å². The number of methoxy groups -OCH3 is 1. The van der Waals surface area contributed by atoms with E-state index in [4.69, 9.17) is 9.47 Å². The van der Waals surface area contributed by atoms with Gasteiger partial charge in [0.15, 0.2) is 0 Å². The Kier molecular flexibility index (Phi) is 4.98. The fourth-order valence-electron chi connectivity index (χ4n) is 2.49. The van der Waals surface area contributed by atoms with Crippen molar-refractivity contribution in [2.75, 3.05) is 13.7 Å². The molecule has 0 bridgehead atoms. The minimum atomic E-state index is -0.643. The molecule has 0 aliphatic carbocycles. The molecule has 0 aromatic heterocycles. The molecule has 5 heteroatoms. The number of carbonyl (C=O) groups is 2. The third-order valence-corrected chi connectivity index (χ3v) is 3.63. The average molecular weight is 289 g/mol. The van der Waals surface area contributed by atoms with E-state index in [9.17, 15) is 9.59 Å². The van der Waals surface area contributed by atoms with Crippen molar-refractivity contribution in [3.63, 3.8) is 0 Å². The minimum Gasteiger partial charge on any atom is -0.467 e. The number of rotatable bonds is 4. The van der Waals surface area contributed by atoms with Gasteiger partial charge in [0.2, 0.25) is 0 Å². The average Bonchev–Trinajstić information content (AvgIpc) is 2.96. The Labute approximate surface area is 124 Å². The molecule has 1 unspecified atom stereocenters. The van der Waals surface area contributed by atoms with Crippen LogP contribution in [0.4, 0.5) is 4.79 Å². The summed E-state index contributed by atoms with van der Waals surface area (Å²) in [5.74, 6) is -0.532. The first-order valence-corrected chi connectivity index (χ1v) is 6.85. The predicted molar refractivity (Wildman–Crippen MR) is 77.4 cm³/mol. The highest BCUT2D eigenvalue weighted by Crippen LogP contribution is 2.27. The van der Waals surface area contributed by atoms with Gasteiger partial charge in [0.1, 0.15) is 12.6 Å². The van der Waals surface area contributed by atoms with Gasteiger partial charge in [-0.3, -0.25) is 4.90 Å². The van der Waals surface area contributed by atoms with Crippen LogP contribution in [-0.4, -0.2) is 36.7 Å². The summed E-state index contributed by atoms with van der Waals surface area (Å²) in [6.07, 6.45) is 1.87. The second kappa shape index (κ2) is 6.92. The van der Waals surface area contributed by atoms with Gasteiger partial charge in [-0.2, -0.15) is 0 Å². The highest BCUT2D eigenvalue weighted by atomic mass is 16.6. The van der Waals surface area contributed by atoms with Crippen LogP contribution in [0.2, 0.25) is 0 Å². The predicted octanol–water partition coefficient (Wildman–Crippen LogP) is 2.37. The van der Waals surface area contributed by atoms with Crippen molar-refractivity contribution in [1.82, 2.24) is 4.90 Å². The van der Waals surface area contributed by atoms with Crippen LogP contribution in [0.15, 0.2) is 43.0 Å². The van der Waals surface area contributed by atoms with Gasteiger partial charge in [-0.15, -0.1) is 6.58 Å². The number of amides is 1. The first-order chi connectivity index (χ1) is 10.2. The molecule has 1 amide bonds. The molecule has 0 spiro atoms. The van der Waals surface area contributed by atoms with Crippen LogP contribution in [0, 0.1) is 5.92 Å². The smallest absolute Gasteiger partial charge is 0.410 e. The van der Waals surface area contributed by atoms with E-state index in [1.807, 2.05) is 30.3 Å². The van der Waals surface area contributed by atoms with Crippen LogP contribution in [0.25, 0.3) is 0 Å². The molecule has 112 valence electrons. The van der Waals surface area contributed by atoms with Gasteiger partial charge in [0.05, 0.1) is 7.11 Å². The first-order valence-electron chi connectivity index (χ1n) is 6.85. The number of ether oxygens (including phenoxy) is 2. The number of likely N-dealkylation sites (tertiary alicyclic amines) is 1. The van der Waals surface area contributed by atoms with E-state index in [1.54, 1.807) is 6.08 Å². The Morgan fingerprint density at radius 3 is 2.71 bits per heavy atom. The molecule has 2 atom stereocenters. The zero-order chi connectivity index (χ0) is 15.2. The van der Waals surface area contributed by atoms with Crippen LogP contribution in [0.5, 0.6) is 0 Å². The molecule has 5 nitrogen and oxygen atoms in total. The zero-order valence-electron chi connectivity index (χ0n) is 12.0. The summed E-state index contributed by atoms with van der Waals surface area (Å²) in [6, 6.07) is 8.76. The van der Waals surface area contributed by atoms with E-state index < -0.39 is 18.1 Å². The maximum absolute atomic E-state index is 12.2. The van der Waals surface area contributed by atoms with Crippen molar-refractivity contribution in [2.24, 2.45) is 5.92 Å². The van der Waals surface area contributed by atoms with Gasteiger partial charge < -0.3 is 9.47 Å². The lowest BCUT2D eigenvalue weighted by atomic mass is 10.0. The first kappa shape index (κ1) is 15.1. The monoisotopic (exact) mass is 289 g/mol. The SMILES string of the molecule is C=CC1CCN(C(=O)OCc2ccccc2)[C@@H]1C(=O)OC. The molecule has 1 saturated heterocycles. The molecule has 1 heterocycles. The van der Waals surface area contributed by atoms with Gasteiger partial charge in [-0.05, 0) is 12.0 Å². The molecule has 1 aliphatic heterocycles. The molecule has 1 aromatic carbocycles. The number of carbonyl (C=O) groups excluding carboxylic acids is 2. The highest BCUT2D eigenvalue weighted by Gasteiger charge is 2.42. The van der Waals surface area contributed by atoms with Crippen molar-refractivity contribution >= 4 is 12.1 Å². The zero-order valence-corrected chi connectivity index (χ0v) is 12.0. The highest BCUT2D eigenvalue weighted by molar-refractivity contribution is 5.82. The Bertz CT molecular complexity index is 514. The van der Waals surface area contributed by atoms with Gasteiger partial charge in [0, 0.05) is 12.5 Å². The minimum absolute atomic E-state index is 0.0956. The summed E-state index contributed by atoms with van der Waals surface area (Å²) in [7, 11) is 1.31. The molecule has 0 N–H and O–H groups in total. The number of nitrogens with zero attached hydrogens (tertiary/aromatic N) is 1. The third-order valence-electron chi connectivity index (χ3n) is 3.63. The number of benzene rings is 1. The van der Waals surface area contributed by atoms with Crippen molar-refractivity contribution < 1.29 is 19.1 Å². The Morgan fingerprint density at radius 2 is 2.10 bits per heavy atom. The lowest BCUT2D eigenvalue weighted by Gasteiger charge is -2.24. The topological polar surface area (TPSA) is 55.8 Å². The Balaban J connectivity index is 2.00. The van der Waals surface area contributed by atoms with Gasteiger partial charge in [-0.1, -0.05) is 36.4 Å². The van der Waals surface area contributed by atoms with Crippen molar-refractivity contribution in [1.29, 1.82) is 0 Å². The maximum atomic E-state index is 12.2. The summed E-state index contributed by atoms with van der Waals surface area (Å²) in [5, 5.41) is 0. The van der Waals surface area contributed by atoms with Gasteiger partial charge >= 0.3 is 12.1 Å². The standard InChI is InChI=1S/C16H19NO4/c1-3-13-9-10-17(14(13)15(18)20-2)16(19)21-11-12-7-5-4-6-8-12/h3-8,13-14H,1,9-11H2,2H3/t13?,14-/m0/s1. The molecule has 0 saturated carbocycles. The fraction of sp³-hybridized carbons (Fsp3) is 0.375.